The number of aliphatic imine (C=N–C) groups is 1. The molecule has 20 heavy (non-hydrogen) atoms. The molecule has 0 heterocycles. The van der Waals surface area contributed by atoms with Gasteiger partial charge in [0.05, 0.1) is 11.3 Å². The maximum Gasteiger partial charge on any atom is 0.103 e. The first-order valence-corrected chi connectivity index (χ1v) is 7.66. The molecule has 0 aliphatic heterocycles. The molecule has 4 aliphatic rings. The van der Waals surface area contributed by atoms with Crippen LogP contribution in [0.4, 0.5) is 0 Å². The normalized spacial score (nSPS) is 43.6. The summed E-state index contributed by atoms with van der Waals surface area (Å²) in [6, 6.07) is 2.52. The van der Waals surface area contributed by atoms with Gasteiger partial charge >= 0.3 is 0 Å². The van der Waals surface area contributed by atoms with E-state index >= 15 is 0 Å². The first-order chi connectivity index (χ1) is 9.57. The third kappa shape index (κ3) is 2.14. The van der Waals surface area contributed by atoms with Crippen molar-refractivity contribution in [2.45, 2.75) is 45.1 Å². The highest BCUT2D eigenvalue weighted by molar-refractivity contribution is 6.01. The summed E-state index contributed by atoms with van der Waals surface area (Å²) in [6.07, 6.45) is 7.77. The fourth-order valence-corrected chi connectivity index (χ4v) is 5.04. The highest BCUT2D eigenvalue weighted by Crippen LogP contribution is 2.59. The van der Waals surface area contributed by atoms with Crippen LogP contribution in [0, 0.1) is 34.5 Å². The van der Waals surface area contributed by atoms with Gasteiger partial charge < -0.3 is 11.5 Å². The highest BCUT2D eigenvalue weighted by atomic mass is 14.8. The van der Waals surface area contributed by atoms with E-state index in [1.807, 2.05) is 6.92 Å². The molecule has 0 amide bonds. The van der Waals surface area contributed by atoms with Gasteiger partial charge in [0.15, 0.2) is 0 Å². The second-order valence-electron chi connectivity index (χ2n) is 7.14. The number of nitrogens with zero attached hydrogens (tertiary/aromatic N) is 2. The van der Waals surface area contributed by atoms with Gasteiger partial charge in [-0.05, 0) is 62.2 Å². The Morgan fingerprint density at radius 2 is 2.00 bits per heavy atom. The van der Waals surface area contributed by atoms with Crippen LogP contribution in [0.1, 0.15) is 39.0 Å². The molecule has 4 rings (SSSR count). The minimum atomic E-state index is 0.350. The van der Waals surface area contributed by atoms with E-state index in [9.17, 15) is 0 Å². The zero-order valence-corrected chi connectivity index (χ0v) is 12.2. The molecule has 0 spiro atoms. The van der Waals surface area contributed by atoms with Crippen molar-refractivity contribution < 1.29 is 0 Å². The molecule has 4 saturated carbocycles. The van der Waals surface area contributed by atoms with Crippen LogP contribution in [0.5, 0.6) is 0 Å². The summed E-state index contributed by atoms with van der Waals surface area (Å²) in [6.45, 7) is 2.72. The SMILES string of the molecule is CC(=NCC12CC3C[C@H](C1)C(N)[C@@H](C3)C2)C(C#N)=CN. The number of hydrogen-bond acceptors (Lipinski definition) is 4. The zero-order valence-electron chi connectivity index (χ0n) is 12.2. The van der Waals surface area contributed by atoms with E-state index in [4.69, 9.17) is 16.7 Å². The first kappa shape index (κ1) is 13.6. The molecule has 4 bridgehead atoms. The standard InChI is InChI=1S/C16H24N4/c1-10(14(7-17)8-18)20-9-16-4-11-2-12(5-16)15(19)13(3-11)6-16/h7,11-13,15H,2-6,9,17,19H2,1H3/t11?,12-,13+,15?,16?. The van der Waals surface area contributed by atoms with E-state index in [2.05, 4.69) is 11.1 Å². The molecule has 4 fully saturated rings. The van der Waals surface area contributed by atoms with E-state index in [1.165, 1.54) is 38.3 Å². The largest absolute Gasteiger partial charge is 0.403 e. The molecule has 108 valence electrons. The summed E-state index contributed by atoms with van der Waals surface area (Å²) < 4.78 is 0. The number of hydrogen-bond donors (Lipinski definition) is 2. The molecule has 4 N–H and O–H groups in total. The van der Waals surface area contributed by atoms with Gasteiger partial charge in [-0.1, -0.05) is 0 Å². The third-order valence-electron chi connectivity index (χ3n) is 5.80. The Kier molecular flexibility index (Phi) is 3.33. The van der Waals surface area contributed by atoms with Gasteiger partial charge in [0.2, 0.25) is 0 Å². The van der Waals surface area contributed by atoms with Crippen LogP contribution in [0.2, 0.25) is 0 Å². The second kappa shape index (κ2) is 4.89. The predicted molar refractivity (Wildman–Crippen MR) is 79.8 cm³/mol. The zero-order chi connectivity index (χ0) is 14.3. The van der Waals surface area contributed by atoms with Crippen LogP contribution in [-0.4, -0.2) is 18.3 Å². The van der Waals surface area contributed by atoms with Gasteiger partial charge in [-0.2, -0.15) is 5.26 Å². The lowest BCUT2D eigenvalue weighted by Gasteiger charge is -2.59. The fourth-order valence-electron chi connectivity index (χ4n) is 5.04. The molecule has 0 radical (unpaired) electrons. The Balaban J connectivity index is 1.75. The molecule has 0 aromatic heterocycles. The van der Waals surface area contributed by atoms with Gasteiger partial charge in [0.1, 0.15) is 6.07 Å². The molecular formula is C16H24N4. The summed E-state index contributed by atoms with van der Waals surface area (Å²) in [4.78, 5) is 4.69. The van der Waals surface area contributed by atoms with E-state index < -0.39 is 0 Å². The third-order valence-corrected chi connectivity index (χ3v) is 5.80. The maximum atomic E-state index is 9.00. The van der Waals surface area contributed by atoms with E-state index in [-0.39, 0.29) is 0 Å². The number of allylic oxidation sites excluding steroid dienone is 1. The molecular weight excluding hydrogens is 248 g/mol. The molecule has 4 heteroatoms. The van der Waals surface area contributed by atoms with Crippen LogP contribution in [0.15, 0.2) is 16.8 Å². The van der Waals surface area contributed by atoms with Crippen molar-refractivity contribution in [3.8, 4) is 6.07 Å². The van der Waals surface area contributed by atoms with Crippen molar-refractivity contribution in [2.24, 2.45) is 39.6 Å². The van der Waals surface area contributed by atoms with Crippen LogP contribution >= 0.6 is 0 Å². The van der Waals surface area contributed by atoms with Crippen molar-refractivity contribution in [3.05, 3.63) is 11.8 Å². The number of rotatable bonds is 3. The smallest absolute Gasteiger partial charge is 0.103 e. The minimum Gasteiger partial charge on any atom is -0.403 e. The van der Waals surface area contributed by atoms with Crippen molar-refractivity contribution in [3.63, 3.8) is 0 Å². The van der Waals surface area contributed by atoms with Crippen molar-refractivity contribution in [1.82, 2.24) is 0 Å². The summed E-state index contributed by atoms with van der Waals surface area (Å²) in [7, 11) is 0. The van der Waals surface area contributed by atoms with Gasteiger partial charge in [-0.15, -0.1) is 0 Å². The van der Waals surface area contributed by atoms with Gasteiger partial charge in [0.25, 0.3) is 0 Å². The first-order valence-electron chi connectivity index (χ1n) is 7.66. The monoisotopic (exact) mass is 272 g/mol. The Morgan fingerprint density at radius 1 is 1.35 bits per heavy atom. The highest BCUT2D eigenvalue weighted by Gasteiger charge is 2.54. The number of nitriles is 1. The molecule has 3 unspecified atom stereocenters. The topological polar surface area (TPSA) is 88.2 Å². The van der Waals surface area contributed by atoms with E-state index in [0.29, 0.717) is 28.9 Å². The Labute approximate surface area is 120 Å². The summed E-state index contributed by atoms with van der Waals surface area (Å²) >= 11 is 0. The summed E-state index contributed by atoms with van der Waals surface area (Å²) in [5, 5.41) is 9.00. The quantitative estimate of drug-likeness (QED) is 0.608. The number of nitrogens with two attached hydrogens (primary N) is 2. The molecule has 0 saturated heterocycles. The Hall–Kier alpha value is -1.34. The van der Waals surface area contributed by atoms with Crippen LogP contribution in [-0.2, 0) is 0 Å². The fraction of sp³-hybridized carbons (Fsp3) is 0.750. The molecule has 4 nitrogen and oxygen atoms in total. The van der Waals surface area contributed by atoms with Crippen LogP contribution in [0.25, 0.3) is 0 Å². The second-order valence-corrected chi connectivity index (χ2v) is 7.14. The van der Waals surface area contributed by atoms with Gasteiger partial charge in [0, 0.05) is 18.8 Å². The molecule has 5 atom stereocenters. The molecule has 0 aromatic rings. The van der Waals surface area contributed by atoms with Gasteiger partial charge in [-0.3, -0.25) is 4.99 Å². The van der Waals surface area contributed by atoms with Gasteiger partial charge in [-0.25, -0.2) is 0 Å². The predicted octanol–water partition coefficient (Wildman–Crippen LogP) is 1.97. The maximum absolute atomic E-state index is 9.00. The average Bonchev–Trinajstić information content (AvgIpc) is 2.43. The lowest BCUT2D eigenvalue weighted by Crippen LogP contribution is -2.57. The lowest BCUT2D eigenvalue weighted by molar-refractivity contribution is -0.0609. The van der Waals surface area contributed by atoms with Crippen molar-refractivity contribution in [1.29, 1.82) is 5.26 Å². The summed E-state index contributed by atoms with van der Waals surface area (Å²) in [5.41, 5.74) is 13.4. The van der Waals surface area contributed by atoms with Crippen LogP contribution in [0.3, 0.4) is 0 Å². The van der Waals surface area contributed by atoms with Crippen LogP contribution < -0.4 is 11.5 Å². The van der Waals surface area contributed by atoms with E-state index in [0.717, 1.165) is 18.2 Å². The Bertz CT molecular complexity index is 483. The summed E-state index contributed by atoms with van der Waals surface area (Å²) in [5.74, 6) is 2.28. The lowest BCUT2D eigenvalue weighted by atomic mass is 9.48. The van der Waals surface area contributed by atoms with E-state index in [1.54, 1.807) is 0 Å². The minimum absolute atomic E-state index is 0.350. The van der Waals surface area contributed by atoms with Crippen molar-refractivity contribution in [2.75, 3.05) is 6.54 Å². The molecule has 4 aliphatic carbocycles. The Morgan fingerprint density at radius 3 is 2.55 bits per heavy atom. The average molecular weight is 272 g/mol. The molecule has 0 aromatic carbocycles. The van der Waals surface area contributed by atoms with Crippen molar-refractivity contribution >= 4 is 5.71 Å².